The number of urea groups is 1. The number of aromatic nitrogens is 2. The SMILES string of the molecule is O=C(CNC(=O)Nc1ccccc1)Nc1ncc[nH]1. The summed E-state index contributed by atoms with van der Waals surface area (Å²) in [6, 6.07) is 8.52. The van der Waals surface area contributed by atoms with E-state index in [1.807, 2.05) is 6.07 Å². The molecular weight excluding hydrogens is 246 g/mol. The maximum absolute atomic E-state index is 11.5. The van der Waals surface area contributed by atoms with Gasteiger partial charge in [-0.2, -0.15) is 0 Å². The van der Waals surface area contributed by atoms with E-state index in [1.165, 1.54) is 6.20 Å². The first kappa shape index (κ1) is 12.6. The standard InChI is InChI=1S/C12H13N5O2/c18-10(17-11-13-6-7-14-11)8-15-12(19)16-9-4-2-1-3-5-9/h1-7H,8H2,(H2,15,16,19)(H2,13,14,17,18). The molecule has 7 nitrogen and oxygen atoms in total. The van der Waals surface area contributed by atoms with Gasteiger partial charge in [0, 0.05) is 18.1 Å². The molecular formula is C12H13N5O2. The van der Waals surface area contributed by atoms with E-state index in [2.05, 4.69) is 25.9 Å². The molecule has 0 atom stereocenters. The monoisotopic (exact) mass is 259 g/mol. The van der Waals surface area contributed by atoms with Crippen molar-refractivity contribution in [2.75, 3.05) is 17.2 Å². The fraction of sp³-hybridized carbons (Fsp3) is 0.0833. The zero-order valence-electron chi connectivity index (χ0n) is 10.0. The summed E-state index contributed by atoms with van der Waals surface area (Å²) in [5.41, 5.74) is 0.659. The number of hydrogen-bond donors (Lipinski definition) is 4. The minimum Gasteiger partial charge on any atom is -0.331 e. The molecule has 3 amide bonds. The molecule has 1 heterocycles. The van der Waals surface area contributed by atoms with Crippen molar-refractivity contribution in [3.63, 3.8) is 0 Å². The van der Waals surface area contributed by atoms with E-state index in [4.69, 9.17) is 0 Å². The van der Waals surface area contributed by atoms with Crippen LogP contribution >= 0.6 is 0 Å². The van der Waals surface area contributed by atoms with Crippen LogP contribution in [0.2, 0.25) is 0 Å². The van der Waals surface area contributed by atoms with E-state index in [1.54, 1.807) is 30.5 Å². The molecule has 0 aliphatic rings. The van der Waals surface area contributed by atoms with Crippen LogP contribution in [-0.4, -0.2) is 28.5 Å². The number of H-pyrrole nitrogens is 1. The summed E-state index contributed by atoms with van der Waals surface area (Å²) in [5, 5.41) is 7.54. The maximum Gasteiger partial charge on any atom is 0.319 e. The molecule has 2 aromatic rings. The summed E-state index contributed by atoms with van der Waals surface area (Å²) in [6.07, 6.45) is 3.11. The fourth-order valence-electron chi connectivity index (χ4n) is 1.37. The topological polar surface area (TPSA) is 98.9 Å². The average Bonchev–Trinajstić information content (AvgIpc) is 2.90. The van der Waals surface area contributed by atoms with Gasteiger partial charge in [0.05, 0.1) is 6.54 Å². The molecule has 0 saturated carbocycles. The van der Waals surface area contributed by atoms with Crippen LogP contribution in [0.3, 0.4) is 0 Å². The lowest BCUT2D eigenvalue weighted by molar-refractivity contribution is -0.115. The summed E-state index contributed by atoms with van der Waals surface area (Å²) in [5.74, 6) is -0.0200. The van der Waals surface area contributed by atoms with E-state index in [-0.39, 0.29) is 12.5 Å². The van der Waals surface area contributed by atoms with Crippen LogP contribution in [0.4, 0.5) is 16.4 Å². The van der Waals surface area contributed by atoms with E-state index in [0.717, 1.165) is 0 Å². The molecule has 0 radical (unpaired) electrons. The predicted octanol–water partition coefficient (Wildman–Crippen LogP) is 1.17. The van der Waals surface area contributed by atoms with E-state index >= 15 is 0 Å². The first-order chi connectivity index (χ1) is 9.24. The van der Waals surface area contributed by atoms with Crippen LogP contribution in [0.15, 0.2) is 42.7 Å². The van der Waals surface area contributed by atoms with E-state index in [9.17, 15) is 9.59 Å². The van der Waals surface area contributed by atoms with Gasteiger partial charge in [0.15, 0.2) is 0 Å². The second-order valence-corrected chi connectivity index (χ2v) is 3.66. The number of nitrogens with zero attached hydrogens (tertiary/aromatic N) is 1. The smallest absolute Gasteiger partial charge is 0.319 e. The molecule has 19 heavy (non-hydrogen) atoms. The van der Waals surface area contributed by atoms with Crippen molar-refractivity contribution in [3.05, 3.63) is 42.7 Å². The number of imidazole rings is 1. The number of para-hydroxylation sites is 1. The van der Waals surface area contributed by atoms with Gasteiger partial charge in [-0.3, -0.25) is 10.1 Å². The molecule has 0 aliphatic heterocycles. The third-order valence-corrected chi connectivity index (χ3v) is 2.20. The maximum atomic E-state index is 11.5. The zero-order valence-corrected chi connectivity index (χ0v) is 10.0. The van der Waals surface area contributed by atoms with Crippen LogP contribution in [-0.2, 0) is 4.79 Å². The Bertz CT molecular complexity index is 539. The Morgan fingerprint density at radius 2 is 1.95 bits per heavy atom. The molecule has 7 heteroatoms. The van der Waals surface area contributed by atoms with Gasteiger partial charge in [-0.25, -0.2) is 9.78 Å². The van der Waals surface area contributed by atoms with Crippen molar-refractivity contribution in [3.8, 4) is 0 Å². The second-order valence-electron chi connectivity index (χ2n) is 3.66. The van der Waals surface area contributed by atoms with Crippen molar-refractivity contribution in [2.45, 2.75) is 0 Å². The Morgan fingerprint density at radius 1 is 1.16 bits per heavy atom. The minimum absolute atomic E-state index is 0.140. The molecule has 98 valence electrons. The van der Waals surface area contributed by atoms with Gasteiger partial charge in [-0.05, 0) is 12.1 Å². The largest absolute Gasteiger partial charge is 0.331 e. The highest BCUT2D eigenvalue weighted by Crippen LogP contribution is 2.03. The third-order valence-electron chi connectivity index (χ3n) is 2.20. The van der Waals surface area contributed by atoms with Crippen molar-refractivity contribution in [2.24, 2.45) is 0 Å². The van der Waals surface area contributed by atoms with Crippen molar-refractivity contribution < 1.29 is 9.59 Å². The number of aromatic amines is 1. The van der Waals surface area contributed by atoms with Crippen molar-refractivity contribution >= 4 is 23.6 Å². The fourth-order valence-corrected chi connectivity index (χ4v) is 1.37. The van der Waals surface area contributed by atoms with Crippen LogP contribution in [0.5, 0.6) is 0 Å². The number of benzene rings is 1. The van der Waals surface area contributed by atoms with Crippen molar-refractivity contribution in [1.29, 1.82) is 0 Å². The quantitative estimate of drug-likeness (QED) is 0.663. The Hall–Kier alpha value is -2.83. The van der Waals surface area contributed by atoms with Crippen LogP contribution in [0.1, 0.15) is 0 Å². The highest BCUT2D eigenvalue weighted by molar-refractivity contribution is 5.96. The number of nitrogens with one attached hydrogen (secondary N) is 4. The van der Waals surface area contributed by atoms with Crippen LogP contribution in [0, 0.1) is 0 Å². The zero-order chi connectivity index (χ0) is 13.5. The van der Waals surface area contributed by atoms with Gasteiger partial charge >= 0.3 is 6.03 Å². The van der Waals surface area contributed by atoms with Crippen molar-refractivity contribution in [1.82, 2.24) is 15.3 Å². The summed E-state index contributed by atoms with van der Waals surface area (Å²) in [7, 11) is 0. The second kappa shape index (κ2) is 6.20. The minimum atomic E-state index is -0.444. The lowest BCUT2D eigenvalue weighted by Crippen LogP contribution is -2.35. The Balaban J connectivity index is 1.73. The summed E-state index contributed by atoms with van der Waals surface area (Å²) in [6.45, 7) is -0.140. The lowest BCUT2D eigenvalue weighted by atomic mass is 10.3. The Morgan fingerprint density at radius 3 is 2.63 bits per heavy atom. The van der Waals surface area contributed by atoms with Gasteiger partial charge < -0.3 is 15.6 Å². The molecule has 1 aromatic heterocycles. The number of anilines is 2. The van der Waals surface area contributed by atoms with Gasteiger partial charge in [-0.1, -0.05) is 18.2 Å². The Kier molecular flexibility index (Phi) is 4.12. The molecule has 0 unspecified atom stereocenters. The van der Waals surface area contributed by atoms with Gasteiger partial charge in [-0.15, -0.1) is 0 Å². The summed E-state index contributed by atoms with van der Waals surface area (Å²) < 4.78 is 0. The molecule has 0 aliphatic carbocycles. The highest BCUT2D eigenvalue weighted by atomic mass is 16.2. The first-order valence-corrected chi connectivity index (χ1v) is 5.63. The molecule has 0 fully saturated rings. The molecule has 0 bridgehead atoms. The summed E-state index contributed by atoms with van der Waals surface area (Å²) >= 11 is 0. The van der Waals surface area contributed by atoms with Gasteiger partial charge in [0.1, 0.15) is 0 Å². The lowest BCUT2D eigenvalue weighted by Gasteiger charge is -2.07. The number of amides is 3. The Labute approximate surface area is 109 Å². The highest BCUT2D eigenvalue weighted by Gasteiger charge is 2.06. The average molecular weight is 259 g/mol. The molecule has 2 rings (SSSR count). The summed E-state index contributed by atoms with van der Waals surface area (Å²) in [4.78, 5) is 29.5. The van der Waals surface area contributed by atoms with E-state index < -0.39 is 6.03 Å². The number of rotatable bonds is 4. The number of hydrogen-bond acceptors (Lipinski definition) is 3. The normalized spacial score (nSPS) is 9.68. The first-order valence-electron chi connectivity index (χ1n) is 5.63. The van der Waals surface area contributed by atoms with Gasteiger partial charge in [0.2, 0.25) is 11.9 Å². The molecule has 0 spiro atoms. The molecule has 0 saturated heterocycles. The molecule has 4 N–H and O–H groups in total. The predicted molar refractivity (Wildman–Crippen MR) is 70.7 cm³/mol. The third kappa shape index (κ3) is 4.15. The molecule has 1 aromatic carbocycles. The van der Waals surface area contributed by atoms with Crippen LogP contribution < -0.4 is 16.0 Å². The van der Waals surface area contributed by atoms with Crippen LogP contribution in [0.25, 0.3) is 0 Å². The van der Waals surface area contributed by atoms with E-state index in [0.29, 0.717) is 11.6 Å². The number of carbonyl (C=O) groups is 2. The number of carbonyl (C=O) groups excluding carboxylic acids is 2. The van der Waals surface area contributed by atoms with Gasteiger partial charge in [0.25, 0.3) is 0 Å².